The predicted molar refractivity (Wildman–Crippen MR) is 97.7 cm³/mol. The van der Waals surface area contributed by atoms with Crippen molar-refractivity contribution in [3.05, 3.63) is 82.8 Å². The van der Waals surface area contributed by atoms with Gasteiger partial charge in [0, 0.05) is 23.1 Å². The molecule has 4 rings (SSSR count). The van der Waals surface area contributed by atoms with E-state index in [0.29, 0.717) is 23.8 Å². The maximum absolute atomic E-state index is 10.8. The van der Waals surface area contributed by atoms with E-state index < -0.39 is 4.92 Å². The molecule has 0 bridgehead atoms. The Labute approximate surface area is 148 Å². The molecular formula is C19H14N4O3. The largest absolute Gasteiger partial charge is 0.467 e. The minimum Gasteiger partial charge on any atom is -0.467 e. The van der Waals surface area contributed by atoms with Crippen LogP contribution >= 0.6 is 0 Å². The number of aromatic nitrogens is 2. The van der Waals surface area contributed by atoms with E-state index in [1.54, 1.807) is 18.4 Å². The van der Waals surface area contributed by atoms with Crippen molar-refractivity contribution in [2.45, 2.75) is 6.54 Å². The molecule has 0 unspecified atom stereocenters. The molecule has 26 heavy (non-hydrogen) atoms. The molecule has 128 valence electrons. The molecule has 0 saturated heterocycles. The molecule has 0 aliphatic heterocycles. The van der Waals surface area contributed by atoms with Crippen molar-refractivity contribution in [2.24, 2.45) is 0 Å². The number of nitro benzene ring substituents is 1. The quantitative estimate of drug-likeness (QED) is 0.425. The van der Waals surface area contributed by atoms with Gasteiger partial charge in [-0.2, -0.15) is 0 Å². The lowest BCUT2D eigenvalue weighted by Gasteiger charge is -2.10. The van der Waals surface area contributed by atoms with Crippen molar-refractivity contribution in [3.8, 4) is 11.4 Å². The Morgan fingerprint density at radius 1 is 1.00 bits per heavy atom. The molecule has 0 aliphatic rings. The van der Waals surface area contributed by atoms with E-state index in [0.717, 1.165) is 16.7 Å². The van der Waals surface area contributed by atoms with Crippen molar-refractivity contribution in [3.63, 3.8) is 0 Å². The summed E-state index contributed by atoms with van der Waals surface area (Å²) in [5, 5.41) is 15.0. The zero-order valence-electron chi connectivity index (χ0n) is 13.6. The lowest BCUT2D eigenvalue weighted by molar-refractivity contribution is -0.384. The van der Waals surface area contributed by atoms with Crippen LogP contribution in [0.15, 0.2) is 71.3 Å². The first-order valence-electron chi connectivity index (χ1n) is 7.98. The third-order valence-corrected chi connectivity index (χ3v) is 3.95. The van der Waals surface area contributed by atoms with Gasteiger partial charge >= 0.3 is 0 Å². The molecule has 2 aromatic carbocycles. The van der Waals surface area contributed by atoms with Crippen LogP contribution in [-0.4, -0.2) is 14.9 Å². The number of non-ortho nitro benzene ring substituents is 1. The summed E-state index contributed by atoms with van der Waals surface area (Å²) in [6.45, 7) is 0.494. The molecule has 0 saturated carbocycles. The van der Waals surface area contributed by atoms with Crippen molar-refractivity contribution in [1.82, 2.24) is 9.97 Å². The summed E-state index contributed by atoms with van der Waals surface area (Å²) in [5.41, 5.74) is 1.53. The maximum Gasteiger partial charge on any atom is 0.269 e. The Morgan fingerprint density at radius 2 is 1.81 bits per heavy atom. The van der Waals surface area contributed by atoms with Crippen LogP contribution < -0.4 is 5.32 Å². The van der Waals surface area contributed by atoms with Crippen molar-refractivity contribution in [2.75, 3.05) is 5.32 Å². The lowest BCUT2D eigenvalue weighted by atomic mass is 10.1. The number of nitrogens with one attached hydrogen (secondary N) is 1. The second-order valence-corrected chi connectivity index (χ2v) is 5.65. The molecule has 0 aliphatic carbocycles. The van der Waals surface area contributed by atoms with E-state index >= 15 is 0 Å². The second kappa shape index (κ2) is 6.64. The number of furan rings is 1. The van der Waals surface area contributed by atoms with Gasteiger partial charge in [0.05, 0.1) is 23.2 Å². The monoisotopic (exact) mass is 346 g/mol. The first-order valence-corrected chi connectivity index (χ1v) is 7.98. The van der Waals surface area contributed by atoms with Crippen molar-refractivity contribution >= 4 is 22.4 Å². The van der Waals surface area contributed by atoms with E-state index in [9.17, 15) is 10.1 Å². The third-order valence-electron chi connectivity index (χ3n) is 3.95. The van der Waals surface area contributed by atoms with Gasteiger partial charge in [-0.3, -0.25) is 10.1 Å². The fourth-order valence-electron chi connectivity index (χ4n) is 2.66. The van der Waals surface area contributed by atoms with E-state index in [2.05, 4.69) is 15.3 Å². The smallest absolute Gasteiger partial charge is 0.269 e. The van der Waals surface area contributed by atoms with Crippen LogP contribution in [-0.2, 0) is 6.54 Å². The fraction of sp³-hybridized carbons (Fsp3) is 0.0526. The summed E-state index contributed by atoms with van der Waals surface area (Å²) in [5.74, 6) is 1.98. The summed E-state index contributed by atoms with van der Waals surface area (Å²) in [4.78, 5) is 19.6. The highest BCUT2D eigenvalue weighted by Gasteiger charge is 2.11. The van der Waals surface area contributed by atoms with Crippen LogP contribution in [0.2, 0.25) is 0 Å². The molecule has 2 heterocycles. The Hall–Kier alpha value is -3.74. The van der Waals surface area contributed by atoms with Gasteiger partial charge < -0.3 is 9.73 Å². The number of nitrogens with zero attached hydrogens (tertiary/aromatic N) is 3. The first-order chi connectivity index (χ1) is 12.7. The van der Waals surface area contributed by atoms with E-state index in [4.69, 9.17) is 4.42 Å². The van der Waals surface area contributed by atoms with Gasteiger partial charge in [-0.25, -0.2) is 9.97 Å². The fourth-order valence-corrected chi connectivity index (χ4v) is 2.66. The van der Waals surface area contributed by atoms with Gasteiger partial charge in [-0.1, -0.05) is 12.1 Å². The number of nitro groups is 1. The highest BCUT2D eigenvalue weighted by molar-refractivity contribution is 5.90. The minimum absolute atomic E-state index is 0.0331. The summed E-state index contributed by atoms with van der Waals surface area (Å²) < 4.78 is 5.35. The Balaban J connectivity index is 1.74. The molecule has 0 fully saturated rings. The highest BCUT2D eigenvalue weighted by Crippen LogP contribution is 2.26. The van der Waals surface area contributed by atoms with Crippen LogP contribution in [0.25, 0.3) is 22.3 Å². The summed E-state index contributed by atoms with van der Waals surface area (Å²) >= 11 is 0. The van der Waals surface area contributed by atoms with E-state index in [-0.39, 0.29) is 5.69 Å². The average molecular weight is 346 g/mol. The molecule has 0 atom stereocenters. The Morgan fingerprint density at radius 3 is 2.54 bits per heavy atom. The highest BCUT2D eigenvalue weighted by atomic mass is 16.6. The minimum atomic E-state index is -0.429. The summed E-state index contributed by atoms with van der Waals surface area (Å²) in [7, 11) is 0. The molecule has 4 aromatic rings. The van der Waals surface area contributed by atoms with Crippen LogP contribution in [0.1, 0.15) is 5.76 Å². The molecular weight excluding hydrogens is 332 g/mol. The summed E-state index contributed by atoms with van der Waals surface area (Å²) in [6, 6.07) is 17.6. The van der Waals surface area contributed by atoms with E-state index in [1.165, 1.54) is 12.1 Å². The van der Waals surface area contributed by atoms with Crippen LogP contribution in [0.3, 0.4) is 0 Å². The normalized spacial score (nSPS) is 10.8. The molecule has 7 nitrogen and oxygen atoms in total. The van der Waals surface area contributed by atoms with Gasteiger partial charge in [-0.15, -0.1) is 0 Å². The number of benzene rings is 2. The van der Waals surface area contributed by atoms with Gasteiger partial charge in [-0.05, 0) is 36.4 Å². The third kappa shape index (κ3) is 3.10. The molecule has 0 spiro atoms. The van der Waals surface area contributed by atoms with Crippen LogP contribution in [0.4, 0.5) is 11.5 Å². The molecule has 7 heteroatoms. The first kappa shape index (κ1) is 15.8. The number of fused-ring (bicyclic) bond motifs is 1. The predicted octanol–water partition coefficient (Wildman–Crippen LogP) is 4.41. The number of anilines is 1. The lowest BCUT2D eigenvalue weighted by Crippen LogP contribution is -2.03. The zero-order valence-corrected chi connectivity index (χ0v) is 13.6. The second-order valence-electron chi connectivity index (χ2n) is 5.65. The molecule has 1 N–H and O–H groups in total. The number of rotatable bonds is 5. The van der Waals surface area contributed by atoms with Crippen LogP contribution in [0.5, 0.6) is 0 Å². The number of hydrogen-bond donors (Lipinski definition) is 1. The number of para-hydroxylation sites is 1. The van der Waals surface area contributed by atoms with Crippen LogP contribution in [0, 0.1) is 10.1 Å². The van der Waals surface area contributed by atoms with Gasteiger partial charge in [0.25, 0.3) is 5.69 Å². The van der Waals surface area contributed by atoms with Crippen molar-refractivity contribution < 1.29 is 9.34 Å². The van der Waals surface area contributed by atoms with E-state index in [1.807, 2.05) is 36.4 Å². The summed E-state index contributed by atoms with van der Waals surface area (Å²) in [6.07, 6.45) is 1.62. The van der Waals surface area contributed by atoms with Gasteiger partial charge in [0.2, 0.25) is 0 Å². The molecule has 0 amide bonds. The SMILES string of the molecule is O=[N+]([O-])c1ccc(-c2nc(NCc3ccco3)c3ccccc3n2)cc1. The average Bonchev–Trinajstić information content (AvgIpc) is 3.19. The zero-order chi connectivity index (χ0) is 17.9. The molecule has 0 radical (unpaired) electrons. The Kier molecular flexibility index (Phi) is 4.03. The standard InChI is InChI=1S/C19H14N4O3/c24-23(25)14-9-7-13(8-10-14)18-21-17-6-2-1-5-16(17)19(22-18)20-12-15-4-3-11-26-15/h1-11H,12H2,(H,20,21,22). The number of hydrogen-bond acceptors (Lipinski definition) is 6. The molecule has 2 aromatic heterocycles. The van der Waals surface area contributed by atoms with Gasteiger partial charge in [0.15, 0.2) is 5.82 Å². The maximum atomic E-state index is 10.8. The van der Waals surface area contributed by atoms with Crippen molar-refractivity contribution in [1.29, 1.82) is 0 Å². The Bertz CT molecular complexity index is 1060. The van der Waals surface area contributed by atoms with Gasteiger partial charge in [0.1, 0.15) is 11.6 Å². The topological polar surface area (TPSA) is 94.1 Å².